The molecular weight excluding hydrogens is 242 g/mol. The molecule has 0 saturated carbocycles. The van der Waals surface area contributed by atoms with Crippen LogP contribution in [-0.2, 0) is 14.8 Å². The van der Waals surface area contributed by atoms with Crippen molar-refractivity contribution in [3.63, 3.8) is 0 Å². The van der Waals surface area contributed by atoms with Crippen LogP contribution in [0.25, 0.3) is 0 Å². The summed E-state index contributed by atoms with van der Waals surface area (Å²) in [6.07, 6.45) is 4.18. The Bertz CT molecular complexity index is 313. The Morgan fingerprint density at radius 3 is 2.35 bits per heavy atom. The molecule has 2 N–H and O–H groups in total. The Kier molecular flexibility index (Phi) is 8.16. The van der Waals surface area contributed by atoms with E-state index in [0.29, 0.717) is 0 Å². The zero-order chi connectivity index (χ0) is 13.3. The number of carboxylic acid groups (broad SMARTS) is 1. The SMILES string of the molecule is CCCCC(CCC)NS(=O)(=O)CCC(=O)O. The van der Waals surface area contributed by atoms with Crippen LogP contribution in [0.2, 0.25) is 0 Å². The van der Waals surface area contributed by atoms with Crippen molar-refractivity contribution in [2.75, 3.05) is 5.75 Å². The molecular formula is C11H23NO4S. The molecule has 0 saturated heterocycles. The first-order valence-corrected chi connectivity index (χ1v) is 7.78. The van der Waals surface area contributed by atoms with Crippen LogP contribution < -0.4 is 4.72 Å². The lowest BCUT2D eigenvalue weighted by Crippen LogP contribution is -2.36. The van der Waals surface area contributed by atoms with E-state index in [9.17, 15) is 13.2 Å². The molecule has 0 rings (SSSR count). The summed E-state index contributed by atoms with van der Waals surface area (Å²) in [6.45, 7) is 4.06. The number of sulfonamides is 1. The summed E-state index contributed by atoms with van der Waals surface area (Å²) >= 11 is 0. The van der Waals surface area contributed by atoms with Gasteiger partial charge in [0, 0.05) is 6.04 Å². The molecule has 0 aromatic carbocycles. The number of carbonyl (C=O) groups is 1. The maximum atomic E-state index is 11.6. The van der Waals surface area contributed by atoms with Gasteiger partial charge in [-0.25, -0.2) is 13.1 Å². The summed E-state index contributed by atoms with van der Waals surface area (Å²) in [5.74, 6) is -1.43. The van der Waals surface area contributed by atoms with Crippen LogP contribution in [-0.4, -0.2) is 31.3 Å². The van der Waals surface area contributed by atoms with Crippen molar-refractivity contribution in [2.45, 2.75) is 58.4 Å². The van der Waals surface area contributed by atoms with Crippen molar-refractivity contribution in [3.8, 4) is 0 Å². The fraction of sp³-hybridized carbons (Fsp3) is 0.909. The monoisotopic (exact) mass is 265 g/mol. The van der Waals surface area contributed by atoms with Gasteiger partial charge < -0.3 is 5.11 Å². The van der Waals surface area contributed by atoms with E-state index >= 15 is 0 Å². The van der Waals surface area contributed by atoms with Gasteiger partial charge in [-0.2, -0.15) is 0 Å². The van der Waals surface area contributed by atoms with Crippen LogP contribution in [0, 0.1) is 0 Å². The Morgan fingerprint density at radius 2 is 1.88 bits per heavy atom. The van der Waals surface area contributed by atoms with Crippen molar-refractivity contribution < 1.29 is 18.3 Å². The van der Waals surface area contributed by atoms with Gasteiger partial charge in [-0.3, -0.25) is 4.79 Å². The Hall–Kier alpha value is -0.620. The van der Waals surface area contributed by atoms with Gasteiger partial charge in [-0.15, -0.1) is 0 Å². The van der Waals surface area contributed by atoms with Gasteiger partial charge in [-0.1, -0.05) is 33.1 Å². The van der Waals surface area contributed by atoms with E-state index in [-0.39, 0.29) is 18.2 Å². The summed E-state index contributed by atoms with van der Waals surface area (Å²) in [6, 6.07) is -0.0567. The van der Waals surface area contributed by atoms with E-state index in [0.717, 1.165) is 32.1 Å². The lowest BCUT2D eigenvalue weighted by Gasteiger charge is -2.17. The molecule has 0 aliphatic rings. The lowest BCUT2D eigenvalue weighted by atomic mass is 10.1. The van der Waals surface area contributed by atoms with E-state index in [1.165, 1.54) is 0 Å². The van der Waals surface area contributed by atoms with Crippen LogP contribution in [0.3, 0.4) is 0 Å². The zero-order valence-electron chi connectivity index (χ0n) is 10.6. The maximum Gasteiger partial charge on any atom is 0.304 e. The highest BCUT2D eigenvalue weighted by atomic mass is 32.2. The molecule has 0 spiro atoms. The first-order valence-electron chi connectivity index (χ1n) is 6.13. The summed E-state index contributed by atoms with van der Waals surface area (Å²) in [5, 5.41) is 8.46. The first kappa shape index (κ1) is 16.4. The largest absolute Gasteiger partial charge is 0.481 e. The molecule has 0 aliphatic carbocycles. The average Bonchev–Trinajstić information content (AvgIpc) is 2.23. The highest BCUT2D eigenvalue weighted by molar-refractivity contribution is 7.89. The van der Waals surface area contributed by atoms with Gasteiger partial charge >= 0.3 is 5.97 Å². The zero-order valence-corrected chi connectivity index (χ0v) is 11.4. The van der Waals surface area contributed by atoms with Crippen LogP contribution >= 0.6 is 0 Å². The summed E-state index contributed by atoms with van der Waals surface area (Å²) in [4.78, 5) is 10.3. The number of rotatable bonds is 10. The normalized spacial score (nSPS) is 13.5. The minimum absolute atomic E-state index is 0.0567. The van der Waals surface area contributed by atoms with E-state index < -0.39 is 16.0 Å². The lowest BCUT2D eigenvalue weighted by molar-refractivity contribution is -0.136. The van der Waals surface area contributed by atoms with Gasteiger partial charge in [0.05, 0.1) is 12.2 Å². The van der Waals surface area contributed by atoms with E-state index in [4.69, 9.17) is 5.11 Å². The number of aliphatic carboxylic acids is 1. The van der Waals surface area contributed by atoms with Crippen molar-refractivity contribution in [1.82, 2.24) is 4.72 Å². The molecule has 5 nitrogen and oxygen atoms in total. The third-order valence-corrected chi connectivity index (χ3v) is 3.91. The minimum atomic E-state index is -3.46. The third kappa shape index (κ3) is 9.12. The molecule has 0 aliphatic heterocycles. The van der Waals surface area contributed by atoms with Crippen LogP contribution in [0.15, 0.2) is 0 Å². The standard InChI is InChI=1S/C11H23NO4S/c1-3-5-7-10(6-4-2)12-17(15,16)9-8-11(13)14/h10,12H,3-9H2,1-2H3,(H,13,14). The summed E-state index contributed by atoms with van der Waals surface area (Å²) in [7, 11) is -3.46. The second-order valence-electron chi connectivity index (χ2n) is 4.21. The topological polar surface area (TPSA) is 83.5 Å². The number of carboxylic acids is 1. The van der Waals surface area contributed by atoms with Gasteiger partial charge in [0.15, 0.2) is 0 Å². The van der Waals surface area contributed by atoms with Crippen LogP contribution in [0.1, 0.15) is 52.4 Å². The van der Waals surface area contributed by atoms with Crippen molar-refractivity contribution in [1.29, 1.82) is 0 Å². The van der Waals surface area contributed by atoms with E-state index in [1.54, 1.807) is 0 Å². The number of hydrogen-bond donors (Lipinski definition) is 2. The minimum Gasteiger partial charge on any atom is -0.481 e. The smallest absolute Gasteiger partial charge is 0.304 e. The van der Waals surface area contributed by atoms with Crippen LogP contribution in [0.4, 0.5) is 0 Å². The van der Waals surface area contributed by atoms with Gasteiger partial charge in [0.1, 0.15) is 0 Å². The molecule has 6 heteroatoms. The van der Waals surface area contributed by atoms with Crippen molar-refractivity contribution in [2.24, 2.45) is 0 Å². The fourth-order valence-corrected chi connectivity index (χ4v) is 2.90. The quantitative estimate of drug-likeness (QED) is 0.630. The number of unbranched alkanes of at least 4 members (excludes halogenated alkanes) is 1. The maximum absolute atomic E-state index is 11.6. The molecule has 0 bridgehead atoms. The number of hydrogen-bond acceptors (Lipinski definition) is 3. The Balaban J connectivity index is 4.25. The molecule has 102 valence electrons. The van der Waals surface area contributed by atoms with E-state index in [1.807, 2.05) is 6.92 Å². The molecule has 0 amide bonds. The molecule has 17 heavy (non-hydrogen) atoms. The fourth-order valence-electron chi connectivity index (χ4n) is 1.60. The average molecular weight is 265 g/mol. The molecule has 0 fully saturated rings. The Labute approximate surface area is 104 Å². The predicted molar refractivity (Wildman–Crippen MR) is 67.4 cm³/mol. The third-order valence-electron chi connectivity index (χ3n) is 2.47. The van der Waals surface area contributed by atoms with Gasteiger partial charge in [0.25, 0.3) is 0 Å². The molecule has 0 heterocycles. The molecule has 1 atom stereocenters. The summed E-state index contributed by atoms with van der Waals surface area (Å²) < 4.78 is 25.8. The van der Waals surface area contributed by atoms with Crippen molar-refractivity contribution >= 4 is 16.0 Å². The second-order valence-corrected chi connectivity index (χ2v) is 6.08. The first-order chi connectivity index (χ1) is 7.91. The molecule has 0 aromatic rings. The summed E-state index contributed by atoms with van der Waals surface area (Å²) in [5.41, 5.74) is 0. The van der Waals surface area contributed by atoms with Gasteiger partial charge in [0.2, 0.25) is 10.0 Å². The molecule has 0 radical (unpaired) electrons. The molecule has 1 unspecified atom stereocenters. The Morgan fingerprint density at radius 1 is 1.24 bits per heavy atom. The van der Waals surface area contributed by atoms with Crippen molar-refractivity contribution in [3.05, 3.63) is 0 Å². The predicted octanol–water partition coefficient (Wildman–Crippen LogP) is 1.74. The second kappa shape index (κ2) is 8.47. The van der Waals surface area contributed by atoms with E-state index in [2.05, 4.69) is 11.6 Å². The van der Waals surface area contributed by atoms with Gasteiger partial charge in [-0.05, 0) is 12.8 Å². The number of nitrogens with one attached hydrogen (secondary N) is 1. The highest BCUT2D eigenvalue weighted by Gasteiger charge is 2.17. The van der Waals surface area contributed by atoms with Crippen LogP contribution in [0.5, 0.6) is 0 Å². The molecule has 0 aromatic heterocycles. The highest BCUT2D eigenvalue weighted by Crippen LogP contribution is 2.08.